The smallest absolute Gasteiger partial charge is 0.337 e. The van der Waals surface area contributed by atoms with Gasteiger partial charge in [0.15, 0.2) is 9.84 Å². The van der Waals surface area contributed by atoms with Crippen LogP contribution in [0.25, 0.3) is 0 Å². The molecule has 0 bridgehead atoms. The van der Waals surface area contributed by atoms with Crippen LogP contribution in [0, 0.1) is 12.7 Å². The second kappa shape index (κ2) is 5.41. The highest BCUT2D eigenvalue weighted by Crippen LogP contribution is 2.26. The summed E-state index contributed by atoms with van der Waals surface area (Å²) in [7, 11) is -4.05. The van der Waals surface area contributed by atoms with Crippen LogP contribution >= 0.6 is 11.6 Å². The number of aromatic carboxylic acids is 1. The topological polar surface area (TPSA) is 110 Å². The summed E-state index contributed by atoms with van der Waals surface area (Å²) in [5.74, 6) is -3.36. The molecule has 2 aromatic rings. The van der Waals surface area contributed by atoms with E-state index in [1.807, 2.05) is 0 Å². The first-order valence-corrected chi connectivity index (χ1v) is 7.48. The number of carboxylic acids is 1. The number of hydrogen-bond acceptors (Lipinski definition) is 6. The van der Waals surface area contributed by atoms with Crippen LogP contribution < -0.4 is 0 Å². The highest BCUT2D eigenvalue weighted by Gasteiger charge is 2.24. The second-order valence-electron chi connectivity index (χ2n) is 4.05. The zero-order valence-electron chi connectivity index (χ0n) is 10.5. The average Bonchev–Trinajstić information content (AvgIpc) is 2.76. The molecule has 21 heavy (non-hydrogen) atoms. The molecule has 2 rings (SSSR count). The third-order valence-electron chi connectivity index (χ3n) is 2.47. The molecule has 1 heterocycles. The van der Waals surface area contributed by atoms with Crippen LogP contribution in [-0.4, -0.2) is 29.7 Å². The van der Waals surface area contributed by atoms with Crippen molar-refractivity contribution in [1.82, 2.24) is 10.2 Å². The van der Waals surface area contributed by atoms with Crippen molar-refractivity contribution in [3.05, 3.63) is 40.3 Å². The van der Waals surface area contributed by atoms with Gasteiger partial charge in [-0.25, -0.2) is 17.6 Å². The van der Waals surface area contributed by atoms with Gasteiger partial charge in [-0.2, -0.15) is 0 Å². The van der Waals surface area contributed by atoms with Crippen LogP contribution in [0.4, 0.5) is 4.39 Å². The van der Waals surface area contributed by atoms with E-state index in [-0.39, 0.29) is 11.8 Å². The predicted octanol–water partition coefficient (Wildman–Crippen LogP) is 1.84. The van der Waals surface area contributed by atoms with Gasteiger partial charge in [0.05, 0.1) is 15.5 Å². The van der Waals surface area contributed by atoms with Crippen LogP contribution in [0.3, 0.4) is 0 Å². The van der Waals surface area contributed by atoms with Crippen LogP contribution in [0.5, 0.6) is 0 Å². The van der Waals surface area contributed by atoms with Crippen molar-refractivity contribution in [3.63, 3.8) is 0 Å². The lowest BCUT2D eigenvalue weighted by molar-refractivity contribution is 0.0696. The molecule has 0 aliphatic heterocycles. The molecule has 1 N–H and O–H groups in total. The number of carbonyl (C=O) groups is 1. The van der Waals surface area contributed by atoms with Crippen molar-refractivity contribution in [2.45, 2.75) is 17.6 Å². The molecule has 0 aliphatic rings. The van der Waals surface area contributed by atoms with E-state index in [0.29, 0.717) is 6.07 Å². The maximum absolute atomic E-state index is 13.6. The maximum atomic E-state index is 13.6. The number of hydrogen-bond donors (Lipinski definition) is 1. The summed E-state index contributed by atoms with van der Waals surface area (Å²) >= 11 is 5.48. The molecule has 0 fully saturated rings. The Bertz CT molecular complexity index is 818. The summed E-state index contributed by atoms with van der Waals surface area (Å²) in [6.45, 7) is 1.48. The molecule has 7 nitrogen and oxygen atoms in total. The van der Waals surface area contributed by atoms with Gasteiger partial charge in [-0.3, -0.25) is 0 Å². The molecular weight excluding hydrogens is 327 g/mol. The average molecular weight is 335 g/mol. The molecule has 0 radical (unpaired) electrons. The largest absolute Gasteiger partial charge is 0.478 e. The van der Waals surface area contributed by atoms with Crippen molar-refractivity contribution in [3.8, 4) is 0 Å². The Labute approximate surface area is 123 Å². The molecular formula is C11H8ClFN2O5S. The maximum Gasteiger partial charge on any atom is 0.337 e. The van der Waals surface area contributed by atoms with E-state index in [1.165, 1.54) is 6.92 Å². The van der Waals surface area contributed by atoms with Gasteiger partial charge < -0.3 is 9.52 Å². The minimum absolute atomic E-state index is 0.175. The van der Waals surface area contributed by atoms with E-state index in [2.05, 4.69) is 10.2 Å². The number of halogens is 2. The Morgan fingerprint density at radius 3 is 2.62 bits per heavy atom. The summed E-state index contributed by atoms with van der Waals surface area (Å²) in [6, 6.07) is 1.43. The Balaban J connectivity index is 2.47. The van der Waals surface area contributed by atoms with Crippen molar-refractivity contribution in [1.29, 1.82) is 0 Å². The molecule has 0 unspecified atom stereocenters. The predicted molar refractivity (Wildman–Crippen MR) is 68.3 cm³/mol. The highest BCUT2D eigenvalue weighted by molar-refractivity contribution is 7.90. The first-order valence-electron chi connectivity index (χ1n) is 5.45. The van der Waals surface area contributed by atoms with Crippen molar-refractivity contribution in [2.24, 2.45) is 0 Å². The normalized spacial score (nSPS) is 11.6. The molecule has 0 amide bonds. The fraction of sp³-hybridized carbons (Fsp3) is 0.182. The van der Waals surface area contributed by atoms with Gasteiger partial charge in [-0.1, -0.05) is 11.6 Å². The monoisotopic (exact) mass is 334 g/mol. The van der Waals surface area contributed by atoms with E-state index >= 15 is 0 Å². The summed E-state index contributed by atoms with van der Waals surface area (Å²) in [4.78, 5) is 10.4. The zero-order valence-corrected chi connectivity index (χ0v) is 12.1. The molecule has 0 spiro atoms. The summed E-state index contributed by atoms with van der Waals surface area (Å²) in [5.41, 5.74) is -0.642. The number of aryl methyl sites for hydroxylation is 1. The SMILES string of the molecule is Cc1nnc(CS(=O)(=O)c2cc(F)c(Cl)c(C(=O)O)c2)o1. The van der Waals surface area contributed by atoms with E-state index < -0.39 is 42.9 Å². The van der Waals surface area contributed by atoms with Gasteiger partial charge >= 0.3 is 5.97 Å². The Kier molecular flexibility index (Phi) is 3.97. The lowest BCUT2D eigenvalue weighted by atomic mass is 10.2. The number of benzene rings is 1. The molecule has 0 atom stereocenters. The number of carboxylic acid groups (broad SMARTS) is 1. The van der Waals surface area contributed by atoms with Crippen LogP contribution in [0.2, 0.25) is 5.02 Å². The van der Waals surface area contributed by atoms with Gasteiger partial charge in [0.2, 0.25) is 11.8 Å². The van der Waals surface area contributed by atoms with E-state index in [4.69, 9.17) is 21.1 Å². The lowest BCUT2D eigenvalue weighted by Crippen LogP contribution is -2.09. The number of aromatic nitrogens is 2. The minimum Gasteiger partial charge on any atom is -0.478 e. The van der Waals surface area contributed by atoms with Crippen molar-refractivity contribution >= 4 is 27.4 Å². The Morgan fingerprint density at radius 2 is 2.10 bits per heavy atom. The van der Waals surface area contributed by atoms with E-state index in [0.717, 1.165) is 6.07 Å². The molecule has 1 aromatic heterocycles. The van der Waals surface area contributed by atoms with E-state index in [9.17, 15) is 17.6 Å². The van der Waals surface area contributed by atoms with Crippen LogP contribution in [0.15, 0.2) is 21.4 Å². The van der Waals surface area contributed by atoms with Crippen LogP contribution in [0.1, 0.15) is 22.1 Å². The van der Waals surface area contributed by atoms with Gasteiger partial charge in [-0.05, 0) is 12.1 Å². The number of nitrogens with zero attached hydrogens (tertiary/aromatic N) is 2. The third-order valence-corrected chi connectivity index (χ3v) is 4.44. The fourth-order valence-electron chi connectivity index (χ4n) is 1.54. The first kappa shape index (κ1) is 15.4. The van der Waals surface area contributed by atoms with Gasteiger partial charge in [0.25, 0.3) is 0 Å². The minimum atomic E-state index is -4.05. The molecule has 112 valence electrons. The van der Waals surface area contributed by atoms with Crippen molar-refractivity contribution in [2.75, 3.05) is 0 Å². The van der Waals surface area contributed by atoms with Crippen LogP contribution in [-0.2, 0) is 15.6 Å². The zero-order chi connectivity index (χ0) is 15.8. The summed E-state index contributed by atoms with van der Waals surface area (Å²) < 4.78 is 42.7. The molecule has 0 saturated heterocycles. The molecule has 0 aliphatic carbocycles. The molecule has 1 aromatic carbocycles. The highest BCUT2D eigenvalue weighted by atomic mass is 35.5. The number of rotatable bonds is 4. The Morgan fingerprint density at radius 1 is 1.43 bits per heavy atom. The van der Waals surface area contributed by atoms with Crippen molar-refractivity contribution < 1.29 is 27.1 Å². The summed E-state index contributed by atoms with van der Waals surface area (Å²) in [5, 5.41) is 15.2. The third kappa shape index (κ3) is 3.19. The molecule has 0 saturated carbocycles. The quantitative estimate of drug-likeness (QED) is 0.908. The molecule has 10 heteroatoms. The van der Waals surface area contributed by atoms with Gasteiger partial charge in [0.1, 0.15) is 11.6 Å². The van der Waals surface area contributed by atoms with E-state index in [1.54, 1.807) is 0 Å². The first-order chi connectivity index (χ1) is 9.70. The van der Waals surface area contributed by atoms with Gasteiger partial charge in [0, 0.05) is 6.92 Å². The second-order valence-corrected chi connectivity index (χ2v) is 6.41. The summed E-state index contributed by atoms with van der Waals surface area (Å²) in [6.07, 6.45) is 0. The van der Waals surface area contributed by atoms with Gasteiger partial charge in [-0.15, -0.1) is 10.2 Å². The Hall–Kier alpha value is -2.00. The standard InChI is InChI=1S/C11H8ClFN2O5S/c1-5-14-15-9(20-5)4-21(18,19)6-2-7(11(16)17)10(12)8(13)3-6/h2-3H,4H2,1H3,(H,16,17). The fourth-order valence-corrected chi connectivity index (χ4v) is 2.92. The number of sulfone groups is 1. The lowest BCUT2D eigenvalue weighted by Gasteiger charge is -2.06.